The third-order valence-electron chi connectivity index (χ3n) is 3.74. The van der Waals surface area contributed by atoms with Gasteiger partial charge in [-0.05, 0) is 45.3 Å². The van der Waals surface area contributed by atoms with E-state index in [4.69, 9.17) is 0 Å². The first-order chi connectivity index (χ1) is 6.83. The van der Waals surface area contributed by atoms with Crippen molar-refractivity contribution in [2.45, 2.75) is 45.1 Å². The molecule has 2 nitrogen and oxygen atoms in total. The fourth-order valence-electron chi connectivity index (χ4n) is 2.96. The summed E-state index contributed by atoms with van der Waals surface area (Å²) in [6, 6.07) is 0.731. The smallest absolute Gasteiger partial charge is 0.0133 e. The van der Waals surface area contributed by atoms with Gasteiger partial charge in [-0.25, -0.2) is 0 Å². The molecule has 0 radical (unpaired) electrons. The highest BCUT2D eigenvalue weighted by molar-refractivity contribution is 4.85. The van der Waals surface area contributed by atoms with Crippen LogP contribution in [0.3, 0.4) is 0 Å². The Morgan fingerprint density at radius 1 is 1.21 bits per heavy atom. The normalized spacial score (nSPS) is 22.5. The minimum absolute atomic E-state index is 0.731. The second-order valence-corrected chi connectivity index (χ2v) is 4.59. The summed E-state index contributed by atoms with van der Waals surface area (Å²) in [6.07, 6.45) is 7.04. The Morgan fingerprint density at radius 3 is 2.29 bits per heavy atom. The zero-order chi connectivity index (χ0) is 10.4. The lowest BCUT2D eigenvalue weighted by Gasteiger charge is -2.31. The van der Waals surface area contributed by atoms with Gasteiger partial charge in [0.05, 0.1) is 0 Å². The molecule has 2 unspecified atom stereocenters. The maximum absolute atomic E-state index is 3.54. The Bertz CT molecular complexity index is 141. The van der Waals surface area contributed by atoms with Crippen LogP contribution in [0.2, 0.25) is 0 Å². The van der Waals surface area contributed by atoms with Gasteiger partial charge in [0.1, 0.15) is 0 Å². The van der Waals surface area contributed by atoms with Gasteiger partial charge in [-0.2, -0.15) is 0 Å². The van der Waals surface area contributed by atoms with Gasteiger partial charge in [0, 0.05) is 6.04 Å². The van der Waals surface area contributed by atoms with Gasteiger partial charge in [-0.3, -0.25) is 0 Å². The molecule has 14 heavy (non-hydrogen) atoms. The van der Waals surface area contributed by atoms with Crippen molar-refractivity contribution in [1.29, 1.82) is 0 Å². The van der Waals surface area contributed by atoms with E-state index in [1.807, 2.05) is 0 Å². The molecule has 0 amide bonds. The third kappa shape index (κ3) is 2.96. The first kappa shape index (κ1) is 12.0. The third-order valence-corrected chi connectivity index (χ3v) is 3.74. The van der Waals surface area contributed by atoms with Gasteiger partial charge in [0.25, 0.3) is 0 Å². The summed E-state index contributed by atoms with van der Waals surface area (Å²) in [6.45, 7) is 3.46. The summed E-state index contributed by atoms with van der Waals surface area (Å²) in [5.74, 6) is 1.73. The van der Waals surface area contributed by atoms with Crippen LogP contribution in [0.15, 0.2) is 0 Å². The van der Waals surface area contributed by atoms with Crippen molar-refractivity contribution in [1.82, 2.24) is 10.6 Å². The summed E-state index contributed by atoms with van der Waals surface area (Å²) < 4.78 is 0. The standard InChI is InChI=1S/C12H26N2/c1-4-10(9-13-2)12(14-3)11-7-5-6-8-11/h10-14H,4-9H2,1-3H3. The quantitative estimate of drug-likeness (QED) is 0.682. The van der Waals surface area contributed by atoms with Crippen molar-refractivity contribution in [2.24, 2.45) is 11.8 Å². The van der Waals surface area contributed by atoms with Crippen molar-refractivity contribution in [3.63, 3.8) is 0 Å². The van der Waals surface area contributed by atoms with Crippen LogP contribution in [0.25, 0.3) is 0 Å². The summed E-state index contributed by atoms with van der Waals surface area (Å²) >= 11 is 0. The maximum atomic E-state index is 3.54. The average molecular weight is 198 g/mol. The first-order valence-electron chi connectivity index (χ1n) is 6.15. The van der Waals surface area contributed by atoms with Crippen molar-refractivity contribution in [3.8, 4) is 0 Å². The molecule has 0 bridgehead atoms. The molecule has 1 saturated carbocycles. The van der Waals surface area contributed by atoms with Gasteiger partial charge in [-0.1, -0.05) is 26.2 Å². The zero-order valence-electron chi connectivity index (χ0n) is 9.97. The Kier molecular flexibility index (Phi) is 5.49. The predicted molar refractivity (Wildman–Crippen MR) is 62.5 cm³/mol. The molecular formula is C12H26N2. The molecule has 2 heteroatoms. The molecule has 1 rings (SSSR count). The summed E-state index contributed by atoms with van der Waals surface area (Å²) in [5, 5.41) is 6.86. The first-order valence-corrected chi connectivity index (χ1v) is 6.15. The Hall–Kier alpha value is -0.0800. The molecule has 1 aliphatic carbocycles. The summed E-state index contributed by atoms with van der Waals surface area (Å²) in [5.41, 5.74) is 0. The topological polar surface area (TPSA) is 24.1 Å². The molecule has 2 N–H and O–H groups in total. The van der Waals surface area contributed by atoms with E-state index in [9.17, 15) is 0 Å². The highest BCUT2D eigenvalue weighted by atomic mass is 14.9. The van der Waals surface area contributed by atoms with Gasteiger partial charge < -0.3 is 10.6 Å². The molecule has 0 spiro atoms. The van der Waals surface area contributed by atoms with E-state index >= 15 is 0 Å². The van der Waals surface area contributed by atoms with Crippen LogP contribution in [-0.4, -0.2) is 26.7 Å². The van der Waals surface area contributed by atoms with E-state index in [2.05, 4.69) is 31.7 Å². The Labute approximate surface area is 88.8 Å². The molecule has 0 aromatic rings. The summed E-state index contributed by atoms with van der Waals surface area (Å²) in [7, 11) is 4.19. The van der Waals surface area contributed by atoms with Crippen LogP contribution in [0.1, 0.15) is 39.0 Å². The summed E-state index contributed by atoms with van der Waals surface area (Å²) in [4.78, 5) is 0. The molecule has 0 aromatic carbocycles. The van der Waals surface area contributed by atoms with Crippen molar-refractivity contribution >= 4 is 0 Å². The van der Waals surface area contributed by atoms with Crippen molar-refractivity contribution in [2.75, 3.05) is 20.6 Å². The van der Waals surface area contributed by atoms with Crippen molar-refractivity contribution in [3.05, 3.63) is 0 Å². The highest BCUT2D eigenvalue weighted by Crippen LogP contribution is 2.31. The minimum Gasteiger partial charge on any atom is -0.319 e. The largest absolute Gasteiger partial charge is 0.319 e. The van der Waals surface area contributed by atoms with Crippen LogP contribution in [0.4, 0.5) is 0 Å². The van der Waals surface area contributed by atoms with Gasteiger partial charge in [-0.15, -0.1) is 0 Å². The number of hydrogen-bond acceptors (Lipinski definition) is 2. The average Bonchev–Trinajstić information content (AvgIpc) is 2.71. The molecule has 0 heterocycles. The maximum Gasteiger partial charge on any atom is 0.0133 e. The lowest BCUT2D eigenvalue weighted by atomic mass is 9.85. The molecule has 84 valence electrons. The Morgan fingerprint density at radius 2 is 1.86 bits per heavy atom. The van der Waals surface area contributed by atoms with E-state index in [-0.39, 0.29) is 0 Å². The molecule has 0 aliphatic heterocycles. The number of nitrogens with one attached hydrogen (secondary N) is 2. The van der Waals surface area contributed by atoms with E-state index in [0.717, 1.165) is 24.4 Å². The van der Waals surface area contributed by atoms with Crippen LogP contribution >= 0.6 is 0 Å². The molecule has 0 aromatic heterocycles. The van der Waals surface area contributed by atoms with Gasteiger partial charge >= 0.3 is 0 Å². The predicted octanol–water partition coefficient (Wildman–Crippen LogP) is 2.01. The van der Waals surface area contributed by atoms with Crippen LogP contribution < -0.4 is 10.6 Å². The van der Waals surface area contributed by atoms with E-state index in [1.165, 1.54) is 32.1 Å². The number of rotatable bonds is 6. The molecule has 1 aliphatic rings. The molecule has 1 fully saturated rings. The zero-order valence-corrected chi connectivity index (χ0v) is 9.97. The lowest BCUT2D eigenvalue weighted by Crippen LogP contribution is -2.42. The fourth-order valence-corrected chi connectivity index (χ4v) is 2.96. The SMILES string of the molecule is CCC(CNC)C(NC)C1CCCC1. The van der Waals surface area contributed by atoms with Gasteiger partial charge in [0.15, 0.2) is 0 Å². The fraction of sp³-hybridized carbons (Fsp3) is 1.00. The van der Waals surface area contributed by atoms with E-state index in [0.29, 0.717) is 0 Å². The molecule has 0 saturated heterocycles. The molecular weight excluding hydrogens is 172 g/mol. The Balaban J connectivity index is 2.48. The van der Waals surface area contributed by atoms with Gasteiger partial charge in [0.2, 0.25) is 0 Å². The van der Waals surface area contributed by atoms with E-state index < -0.39 is 0 Å². The molecule has 2 atom stereocenters. The minimum atomic E-state index is 0.731. The monoisotopic (exact) mass is 198 g/mol. The van der Waals surface area contributed by atoms with Crippen LogP contribution in [0.5, 0.6) is 0 Å². The number of hydrogen-bond donors (Lipinski definition) is 2. The van der Waals surface area contributed by atoms with E-state index in [1.54, 1.807) is 0 Å². The second-order valence-electron chi connectivity index (χ2n) is 4.59. The second kappa shape index (κ2) is 6.41. The van der Waals surface area contributed by atoms with Crippen molar-refractivity contribution < 1.29 is 0 Å². The van der Waals surface area contributed by atoms with Crippen LogP contribution in [0, 0.1) is 11.8 Å². The van der Waals surface area contributed by atoms with Crippen LogP contribution in [-0.2, 0) is 0 Å². The highest BCUT2D eigenvalue weighted by Gasteiger charge is 2.28. The lowest BCUT2D eigenvalue weighted by molar-refractivity contribution is 0.261.